The number of carbonyl (C=O) groups is 1. The monoisotopic (exact) mass is 371 g/mol. The van der Waals surface area contributed by atoms with Crippen molar-refractivity contribution in [3.8, 4) is 5.75 Å². The number of hydrogen-bond acceptors (Lipinski definition) is 3. The smallest absolute Gasteiger partial charge is 0.277 e. The first-order chi connectivity index (χ1) is 11.2. The third kappa shape index (κ3) is 3.98. The van der Waals surface area contributed by atoms with Crippen LogP contribution in [0.3, 0.4) is 0 Å². The van der Waals surface area contributed by atoms with Gasteiger partial charge in [-0.3, -0.25) is 4.79 Å². The number of halogens is 1. The van der Waals surface area contributed by atoms with Gasteiger partial charge >= 0.3 is 0 Å². The summed E-state index contributed by atoms with van der Waals surface area (Å²) in [5.74, 6) is 0.333. The maximum Gasteiger partial charge on any atom is 0.277 e. The Balaban J connectivity index is 1.57. The molecule has 0 bridgehead atoms. The zero-order chi connectivity index (χ0) is 16.1. The molecule has 0 saturated heterocycles. The second-order valence-electron chi connectivity index (χ2n) is 4.83. The van der Waals surface area contributed by atoms with Crippen LogP contribution in [0.4, 0.5) is 0 Å². The van der Waals surface area contributed by atoms with E-state index in [0.717, 1.165) is 20.9 Å². The predicted molar refractivity (Wildman–Crippen MR) is 93.7 cm³/mol. The Morgan fingerprint density at radius 1 is 1.26 bits per heavy atom. The zero-order valence-corrected chi connectivity index (χ0v) is 13.7. The molecule has 0 radical (unpaired) electrons. The largest absolute Gasteiger partial charge is 0.484 e. The lowest BCUT2D eigenvalue weighted by Gasteiger charge is -2.03. The van der Waals surface area contributed by atoms with Crippen LogP contribution >= 0.6 is 15.9 Å². The summed E-state index contributed by atoms with van der Waals surface area (Å²) in [7, 11) is 0. The average molecular weight is 372 g/mol. The standard InChI is InChI=1S/C17H14BrN3O2/c18-13-6-7-16-15(8-13)12(9-19-16)10-20-21-17(22)11-23-14-4-2-1-3-5-14/h1-10,19H,11H2,(H,21,22)/b20-10+. The van der Waals surface area contributed by atoms with Gasteiger partial charge in [-0.2, -0.15) is 5.10 Å². The molecule has 6 heteroatoms. The van der Waals surface area contributed by atoms with Gasteiger partial charge in [0.2, 0.25) is 0 Å². The Bertz CT molecular complexity index is 843. The third-order valence-electron chi connectivity index (χ3n) is 3.18. The number of carbonyl (C=O) groups excluding carboxylic acids is 1. The summed E-state index contributed by atoms with van der Waals surface area (Å²) in [6, 6.07) is 15.1. The van der Waals surface area contributed by atoms with Gasteiger partial charge in [0.1, 0.15) is 5.75 Å². The molecule has 0 unspecified atom stereocenters. The molecule has 0 atom stereocenters. The Hall–Kier alpha value is -2.60. The number of nitrogens with zero attached hydrogens (tertiary/aromatic N) is 1. The highest BCUT2D eigenvalue weighted by atomic mass is 79.9. The molecule has 5 nitrogen and oxygen atoms in total. The van der Waals surface area contributed by atoms with Crippen LogP contribution in [0, 0.1) is 0 Å². The highest BCUT2D eigenvalue weighted by molar-refractivity contribution is 9.10. The Labute approximate surface area is 141 Å². The summed E-state index contributed by atoms with van der Waals surface area (Å²) in [5.41, 5.74) is 4.35. The number of hydrazone groups is 1. The molecule has 3 rings (SSSR count). The molecule has 1 aromatic heterocycles. The van der Waals surface area contributed by atoms with Crippen molar-refractivity contribution in [2.75, 3.05) is 6.61 Å². The lowest BCUT2D eigenvalue weighted by atomic mass is 10.2. The number of para-hydroxylation sites is 1. The van der Waals surface area contributed by atoms with Gasteiger partial charge in [-0.15, -0.1) is 0 Å². The van der Waals surface area contributed by atoms with Crippen LogP contribution in [0.15, 0.2) is 64.3 Å². The van der Waals surface area contributed by atoms with Crippen LogP contribution in [0.5, 0.6) is 5.75 Å². The molecule has 0 aliphatic carbocycles. The lowest BCUT2D eigenvalue weighted by molar-refractivity contribution is -0.123. The molecule has 116 valence electrons. The maximum atomic E-state index is 11.7. The van der Waals surface area contributed by atoms with Crippen LogP contribution in [-0.4, -0.2) is 23.7 Å². The van der Waals surface area contributed by atoms with Crippen LogP contribution < -0.4 is 10.2 Å². The molecule has 0 saturated carbocycles. The summed E-state index contributed by atoms with van der Waals surface area (Å²) in [6.45, 7) is -0.0826. The molecule has 0 aliphatic heterocycles. The van der Waals surface area contributed by atoms with E-state index in [4.69, 9.17) is 4.74 Å². The van der Waals surface area contributed by atoms with Gasteiger partial charge in [-0.25, -0.2) is 5.43 Å². The molecule has 1 amide bonds. The van der Waals surface area contributed by atoms with Crippen molar-refractivity contribution in [1.29, 1.82) is 0 Å². The minimum Gasteiger partial charge on any atom is -0.484 e. The molecule has 1 heterocycles. The fourth-order valence-corrected chi connectivity index (χ4v) is 2.45. The average Bonchev–Trinajstić information content (AvgIpc) is 2.96. The summed E-state index contributed by atoms with van der Waals surface area (Å²) in [6.07, 6.45) is 3.44. The van der Waals surface area contributed by atoms with Crippen molar-refractivity contribution in [3.05, 3.63) is 64.8 Å². The topological polar surface area (TPSA) is 66.5 Å². The number of H-pyrrole nitrogens is 1. The van der Waals surface area contributed by atoms with Gasteiger partial charge in [0, 0.05) is 27.1 Å². The van der Waals surface area contributed by atoms with Crippen molar-refractivity contribution < 1.29 is 9.53 Å². The van der Waals surface area contributed by atoms with E-state index in [2.05, 4.69) is 31.4 Å². The van der Waals surface area contributed by atoms with E-state index in [1.54, 1.807) is 18.3 Å². The molecule has 2 aromatic carbocycles. The number of aromatic amines is 1. The van der Waals surface area contributed by atoms with Gasteiger partial charge in [0.05, 0.1) is 6.21 Å². The van der Waals surface area contributed by atoms with Crippen molar-refractivity contribution in [1.82, 2.24) is 10.4 Å². The van der Waals surface area contributed by atoms with E-state index in [9.17, 15) is 4.79 Å². The SMILES string of the molecule is O=C(COc1ccccc1)N/N=C/c1c[nH]c2ccc(Br)cc12. The normalized spacial score (nSPS) is 11.0. The van der Waals surface area contributed by atoms with Gasteiger partial charge < -0.3 is 9.72 Å². The molecule has 0 spiro atoms. The molecule has 23 heavy (non-hydrogen) atoms. The highest BCUT2D eigenvalue weighted by Crippen LogP contribution is 2.21. The van der Waals surface area contributed by atoms with Crippen molar-refractivity contribution in [2.24, 2.45) is 5.10 Å². The Morgan fingerprint density at radius 3 is 2.91 bits per heavy atom. The number of nitrogens with one attached hydrogen (secondary N) is 2. The van der Waals surface area contributed by atoms with Crippen molar-refractivity contribution >= 4 is 39.0 Å². The molecule has 2 N–H and O–H groups in total. The Morgan fingerprint density at radius 2 is 2.09 bits per heavy atom. The second kappa shape index (κ2) is 7.11. The molecule has 3 aromatic rings. The predicted octanol–water partition coefficient (Wildman–Crippen LogP) is 3.46. The summed E-state index contributed by atoms with van der Waals surface area (Å²) in [4.78, 5) is 14.8. The number of amides is 1. The minimum atomic E-state index is -0.314. The van der Waals surface area contributed by atoms with E-state index in [1.165, 1.54) is 0 Å². The van der Waals surface area contributed by atoms with Gasteiger partial charge in [0.25, 0.3) is 5.91 Å². The fraction of sp³-hybridized carbons (Fsp3) is 0.0588. The first kappa shape index (κ1) is 15.3. The van der Waals surface area contributed by atoms with Crippen molar-refractivity contribution in [2.45, 2.75) is 0 Å². The number of benzene rings is 2. The zero-order valence-electron chi connectivity index (χ0n) is 12.1. The summed E-state index contributed by atoms with van der Waals surface area (Å²) in [5, 5.41) is 4.99. The number of rotatable bonds is 5. The molecular weight excluding hydrogens is 358 g/mol. The second-order valence-corrected chi connectivity index (χ2v) is 5.74. The fourth-order valence-electron chi connectivity index (χ4n) is 2.09. The van der Waals surface area contributed by atoms with Gasteiger partial charge in [0.15, 0.2) is 6.61 Å². The van der Waals surface area contributed by atoms with Gasteiger partial charge in [-0.1, -0.05) is 34.1 Å². The number of aromatic nitrogens is 1. The maximum absolute atomic E-state index is 11.7. The van der Waals surface area contributed by atoms with Crippen LogP contribution in [-0.2, 0) is 4.79 Å². The van der Waals surface area contributed by atoms with Crippen LogP contribution in [0.1, 0.15) is 5.56 Å². The van der Waals surface area contributed by atoms with E-state index in [1.807, 2.05) is 42.6 Å². The van der Waals surface area contributed by atoms with Crippen LogP contribution in [0.25, 0.3) is 10.9 Å². The molecule has 0 fully saturated rings. The van der Waals surface area contributed by atoms with Crippen molar-refractivity contribution in [3.63, 3.8) is 0 Å². The van der Waals surface area contributed by atoms with Gasteiger partial charge in [-0.05, 0) is 30.3 Å². The number of hydrogen-bond donors (Lipinski definition) is 2. The first-order valence-corrected chi connectivity index (χ1v) is 7.78. The molecular formula is C17H14BrN3O2. The van der Waals surface area contributed by atoms with E-state index in [0.29, 0.717) is 5.75 Å². The quantitative estimate of drug-likeness (QED) is 0.532. The number of ether oxygens (including phenoxy) is 1. The summed E-state index contributed by atoms with van der Waals surface area (Å²) < 4.78 is 6.33. The van der Waals surface area contributed by atoms with E-state index < -0.39 is 0 Å². The highest BCUT2D eigenvalue weighted by Gasteiger charge is 2.03. The first-order valence-electron chi connectivity index (χ1n) is 6.99. The van der Waals surface area contributed by atoms with E-state index >= 15 is 0 Å². The molecule has 0 aliphatic rings. The number of fused-ring (bicyclic) bond motifs is 1. The summed E-state index contributed by atoms with van der Waals surface area (Å²) >= 11 is 3.44. The van der Waals surface area contributed by atoms with Crippen LogP contribution in [0.2, 0.25) is 0 Å². The third-order valence-corrected chi connectivity index (χ3v) is 3.68. The Kier molecular flexibility index (Phi) is 4.73. The van der Waals surface area contributed by atoms with E-state index in [-0.39, 0.29) is 12.5 Å². The minimum absolute atomic E-state index is 0.0826. The lowest BCUT2D eigenvalue weighted by Crippen LogP contribution is -2.24.